The van der Waals surface area contributed by atoms with Crippen molar-refractivity contribution in [1.82, 2.24) is 0 Å². The normalized spacial score (nSPS) is 52.9. The van der Waals surface area contributed by atoms with Gasteiger partial charge in [-0.25, -0.2) is 0 Å². The van der Waals surface area contributed by atoms with Crippen molar-refractivity contribution in [3.63, 3.8) is 0 Å². The first-order valence-electron chi connectivity index (χ1n) is 6.66. The Morgan fingerprint density at radius 3 is 1.25 bits per heavy atom. The van der Waals surface area contributed by atoms with Crippen LogP contribution in [0.1, 0.15) is 25.7 Å². The summed E-state index contributed by atoms with van der Waals surface area (Å²) in [6.45, 7) is 0. The Morgan fingerprint density at radius 2 is 1.00 bits per heavy atom. The molecule has 16 heavy (non-hydrogen) atoms. The maximum absolute atomic E-state index is 5.75. The molecule has 2 heteroatoms. The lowest BCUT2D eigenvalue weighted by molar-refractivity contribution is 0.0369. The first-order valence-corrected chi connectivity index (χ1v) is 6.66. The molecule has 4 aliphatic rings. The summed E-state index contributed by atoms with van der Waals surface area (Å²) < 4.78 is 11.5. The molecule has 2 fully saturated rings. The van der Waals surface area contributed by atoms with Crippen LogP contribution < -0.4 is 0 Å². The molecule has 0 radical (unpaired) electrons. The van der Waals surface area contributed by atoms with Crippen molar-refractivity contribution in [3.05, 3.63) is 11.1 Å². The molecule has 4 unspecified atom stereocenters. The van der Waals surface area contributed by atoms with E-state index in [1.165, 1.54) is 25.7 Å². The fourth-order valence-electron chi connectivity index (χ4n) is 5.33. The quantitative estimate of drug-likeness (QED) is 0.525. The van der Waals surface area contributed by atoms with Crippen LogP contribution in [0.3, 0.4) is 0 Å². The van der Waals surface area contributed by atoms with E-state index in [0.717, 1.165) is 23.7 Å². The van der Waals surface area contributed by atoms with Crippen LogP contribution >= 0.6 is 0 Å². The van der Waals surface area contributed by atoms with Gasteiger partial charge in [0.25, 0.3) is 0 Å². The summed E-state index contributed by atoms with van der Waals surface area (Å²) in [5.74, 6) is 2.99. The van der Waals surface area contributed by atoms with Gasteiger partial charge in [0.2, 0.25) is 0 Å². The standard InChI is InChI=1S/C14H20O2/c1-15-13-7-3-4-8(13)12-10-6-5-9(11(7)12)14(10)16-2/h7-10,13-14H,3-6H2,1-2H3. The second-order valence-electron chi connectivity index (χ2n) is 5.89. The molecular formula is C14H20O2. The molecular weight excluding hydrogens is 200 g/mol. The van der Waals surface area contributed by atoms with E-state index in [0.29, 0.717) is 12.2 Å². The monoisotopic (exact) mass is 220 g/mol. The molecule has 0 amide bonds. The second kappa shape index (κ2) is 3.11. The number of hydrogen-bond donors (Lipinski definition) is 0. The molecule has 4 atom stereocenters. The SMILES string of the molecule is COC1C2CCC1C1=C2C2CCC1C2OC. The highest BCUT2D eigenvalue weighted by Crippen LogP contribution is 2.64. The van der Waals surface area contributed by atoms with Gasteiger partial charge in [-0.2, -0.15) is 0 Å². The average molecular weight is 220 g/mol. The van der Waals surface area contributed by atoms with E-state index >= 15 is 0 Å². The second-order valence-corrected chi connectivity index (χ2v) is 5.89. The smallest absolute Gasteiger partial charge is 0.0702 e. The molecule has 0 aliphatic heterocycles. The molecule has 2 nitrogen and oxygen atoms in total. The molecule has 88 valence electrons. The lowest BCUT2D eigenvalue weighted by Gasteiger charge is -2.24. The molecule has 0 aromatic heterocycles. The zero-order valence-corrected chi connectivity index (χ0v) is 10.1. The highest BCUT2D eigenvalue weighted by molar-refractivity contribution is 5.44. The zero-order chi connectivity index (χ0) is 10.9. The summed E-state index contributed by atoms with van der Waals surface area (Å²) in [6.07, 6.45) is 6.49. The van der Waals surface area contributed by atoms with Crippen LogP contribution in [0.2, 0.25) is 0 Å². The molecule has 0 heterocycles. The Bertz CT molecular complexity index is 298. The van der Waals surface area contributed by atoms with Crippen LogP contribution in [0.5, 0.6) is 0 Å². The average Bonchev–Trinajstić information content (AvgIpc) is 3.04. The van der Waals surface area contributed by atoms with Gasteiger partial charge in [0.05, 0.1) is 12.2 Å². The third-order valence-corrected chi connectivity index (χ3v) is 5.64. The van der Waals surface area contributed by atoms with Crippen LogP contribution in [-0.2, 0) is 9.47 Å². The zero-order valence-electron chi connectivity index (χ0n) is 10.1. The van der Waals surface area contributed by atoms with Gasteiger partial charge in [-0.1, -0.05) is 11.1 Å². The largest absolute Gasteiger partial charge is 0.380 e. The molecule has 2 saturated carbocycles. The van der Waals surface area contributed by atoms with E-state index in [-0.39, 0.29) is 0 Å². The highest BCUT2D eigenvalue weighted by Gasteiger charge is 2.60. The van der Waals surface area contributed by atoms with Gasteiger partial charge in [-0.05, 0) is 25.7 Å². The summed E-state index contributed by atoms with van der Waals surface area (Å²) in [5.41, 5.74) is 3.57. The van der Waals surface area contributed by atoms with Gasteiger partial charge in [0.1, 0.15) is 0 Å². The Hall–Kier alpha value is -0.340. The summed E-state index contributed by atoms with van der Waals surface area (Å²) in [4.78, 5) is 0. The Morgan fingerprint density at radius 1 is 0.688 bits per heavy atom. The maximum Gasteiger partial charge on any atom is 0.0702 e. The van der Waals surface area contributed by atoms with Crippen molar-refractivity contribution in [2.75, 3.05) is 14.2 Å². The van der Waals surface area contributed by atoms with E-state index in [2.05, 4.69) is 0 Å². The Kier molecular flexibility index (Phi) is 1.88. The van der Waals surface area contributed by atoms with E-state index in [9.17, 15) is 0 Å². The predicted octanol–water partition coefficient (Wildman–Crippen LogP) is 2.39. The van der Waals surface area contributed by atoms with Crippen molar-refractivity contribution < 1.29 is 9.47 Å². The van der Waals surface area contributed by atoms with Crippen molar-refractivity contribution in [2.45, 2.75) is 37.9 Å². The van der Waals surface area contributed by atoms with Gasteiger partial charge in [-0.3, -0.25) is 0 Å². The third kappa shape index (κ3) is 0.888. The number of hydrogen-bond acceptors (Lipinski definition) is 2. The van der Waals surface area contributed by atoms with Crippen LogP contribution in [0.15, 0.2) is 11.1 Å². The van der Waals surface area contributed by atoms with E-state index in [1.54, 1.807) is 11.1 Å². The van der Waals surface area contributed by atoms with Crippen LogP contribution in [0.4, 0.5) is 0 Å². The number of fused-ring (bicyclic) bond motifs is 8. The molecule has 0 aromatic rings. The van der Waals surface area contributed by atoms with E-state index < -0.39 is 0 Å². The van der Waals surface area contributed by atoms with Gasteiger partial charge in [0.15, 0.2) is 0 Å². The highest BCUT2D eigenvalue weighted by atomic mass is 16.5. The first kappa shape index (κ1) is 9.67. The number of rotatable bonds is 2. The van der Waals surface area contributed by atoms with Crippen molar-refractivity contribution in [2.24, 2.45) is 23.7 Å². The summed E-state index contributed by atoms with van der Waals surface area (Å²) in [7, 11) is 3.79. The summed E-state index contributed by atoms with van der Waals surface area (Å²) in [5, 5.41) is 0. The molecule has 4 bridgehead atoms. The number of methoxy groups -OCH3 is 2. The lowest BCUT2D eigenvalue weighted by atomic mass is 9.82. The third-order valence-electron chi connectivity index (χ3n) is 5.64. The molecule has 0 spiro atoms. The lowest BCUT2D eigenvalue weighted by Crippen LogP contribution is -2.27. The first-order chi connectivity index (χ1) is 7.86. The fourth-order valence-corrected chi connectivity index (χ4v) is 5.33. The van der Waals surface area contributed by atoms with Gasteiger partial charge < -0.3 is 9.47 Å². The predicted molar refractivity (Wildman–Crippen MR) is 61.0 cm³/mol. The molecule has 4 aliphatic carbocycles. The minimum absolute atomic E-state index is 0.519. The van der Waals surface area contributed by atoms with Crippen LogP contribution in [-0.4, -0.2) is 26.4 Å². The van der Waals surface area contributed by atoms with Crippen molar-refractivity contribution >= 4 is 0 Å². The minimum atomic E-state index is 0.519. The molecule has 4 rings (SSSR count). The molecule has 0 aromatic carbocycles. The molecule has 0 saturated heterocycles. The molecule has 0 N–H and O–H groups in total. The van der Waals surface area contributed by atoms with E-state index in [4.69, 9.17) is 9.47 Å². The van der Waals surface area contributed by atoms with Gasteiger partial charge in [-0.15, -0.1) is 0 Å². The Labute approximate surface area is 97.0 Å². The Balaban J connectivity index is 1.76. The number of ether oxygens (including phenoxy) is 2. The van der Waals surface area contributed by atoms with E-state index in [1.807, 2.05) is 14.2 Å². The summed E-state index contributed by atoms with van der Waals surface area (Å²) >= 11 is 0. The summed E-state index contributed by atoms with van der Waals surface area (Å²) in [6, 6.07) is 0. The maximum atomic E-state index is 5.75. The fraction of sp³-hybridized carbons (Fsp3) is 0.857. The van der Waals surface area contributed by atoms with Crippen molar-refractivity contribution in [1.29, 1.82) is 0 Å². The van der Waals surface area contributed by atoms with Gasteiger partial charge in [0, 0.05) is 37.9 Å². The van der Waals surface area contributed by atoms with Crippen LogP contribution in [0.25, 0.3) is 0 Å². The van der Waals surface area contributed by atoms with Gasteiger partial charge >= 0.3 is 0 Å². The topological polar surface area (TPSA) is 18.5 Å². The van der Waals surface area contributed by atoms with Crippen molar-refractivity contribution in [3.8, 4) is 0 Å². The van der Waals surface area contributed by atoms with Crippen LogP contribution in [0, 0.1) is 23.7 Å². The minimum Gasteiger partial charge on any atom is -0.380 e.